The molecular weight excluding hydrogens is 246 g/mol. The Labute approximate surface area is 110 Å². The number of benzene rings is 1. The molecule has 2 N–H and O–H groups in total. The van der Waals surface area contributed by atoms with Gasteiger partial charge in [-0.05, 0) is 13.3 Å². The third-order valence-electron chi connectivity index (χ3n) is 2.79. The minimum absolute atomic E-state index is 0.0234. The fourth-order valence-corrected chi connectivity index (χ4v) is 1.83. The van der Waals surface area contributed by atoms with Gasteiger partial charge in [-0.1, -0.05) is 35.0 Å². The van der Waals surface area contributed by atoms with Crippen molar-refractivity contribution in [1.82, 2.24) is 15.0 Å². The summed E-state index contributed by atoms with van der Waals surface area (Å²) in [7, 11) is 0. The Hall–Kier alpha value is -2.21. The zero-order valence-corrected chi connectivity index (χ0v) is 10.6. The molecule has 0 aliphatic heterocycles. The second-order valence-electron chi connectivity index (χ2n) is 4.26. The molecule has 0 aliphatic rings. The lowest BCUT2D eigenvalue weighted by Gasteiger charge is -2.06. The molecule has 0 amide bonds. The van der Waals surface area contributed by atoms with Crippen LogP contribution in [-0.4, -0.2) is 37.8 Å². The minimum Gasteiger partial charge on any atom is -0.476 e. The molecule has 19 heavy (non-hydrogen) atoms. The van der Waals surface area contributed by atoms with Gasteiger partial charge in [-0.2, -0.15) is 0 Å². The first kappa shape index (κ1) is 13.2. The molecule has 0 unspecified atom stereocenters. The van der Waals surface area contributed by atoms with Gasteiger partial charge in [0.05, 0.1) is 0 Å². The average Bonchev–Trinajstić information content (AvgIpc) is 2.81. The highest BCUT2D eigenvalue weighted by molar-refractivity contribution is 5.92. The first-order chi connectivity index (χ1) is 9.13. The number of aromatic carboxylic acids is 1. The average molecular weight is 261 g/mol. The number of hydrogen-bond donors (Lipinski definition) is 2. The fourth-order valence-electron chi connectivity index (χ4n) is 1.83. The molecule has 0 saturated carbocycles. The molecule has 2 rings (SSSR count). The van der Waals surface area contributed by atoms with Crippen LogP contribution in [0.1, 0.15) is 22.5 Å². The molecule has 100 valence electrons. The molecule has 1 heterocycles. The van der Waals surface area contributed by atoms with Gasteiger partial charge >= 0.3 is 5.97 Å². The van der Waals surface area contributed by atoms with Crippen LogP contribution < -0.4 is 0 Å². The molecule has 0 spiro atoms. The van der Waals surface area contributed by atoms with Crippen LogP contribution in [0.2, 0.25) is 0 Å². The maximum absolute atomic E-state index is 11.2. The Morgan fingerprint density at radius 2 is 2.00 bits per heavy atom. The summed E-state index contributed by atoms with van der Waals surface area (Å²) < 4.78 is 1.52. The number of nitrogens with zero attached hydrogens (tertiary/aromatic N) is 3. The van der Waals surface area contributed by atoms with E-state index in [1.165, 1.54) is 4.68 Å². The summed E-state index contributed by atoms with van der Waals surface area (Å²) in [5.74, 6) is -1.11. The van der Waals surface area contributed by atoms with Crippen LogP contribution in [0.15, 0.2) is 24.3 Å². The maximum atomic E-state index is 11.2. The Kier molecular flexibility index (Phi) is 3.91. The molecule has 0 fully saturated rings. The Morgan fingerprint density at radius 3 is 2.58 bits per heavy atom. The summed E-state index contributed by atoms with van der Waals surface area (Å²) in [5, 5.41) is 25.6. The topological polar surface area (TPSA) is 88.2 Å². The van der Waals surface area contributed by atoms with E-state index < -0.39 is 5.97 Å². The third kappa shape index (κ3) is 2.79. The number of rotatable bonds is 5. The molecule has 1 aromatic carbocycles. The zero-order chi connectivity index (χ0) is 13.8. The van der Waals surface area contributed by atoms with Crippen molar-refractivity contribution in [1.29, 1.82) is 0 Å². The van der Waals surface area contributed by atoms with Gasteiger partial charge in [0.15, 0.2) is 5.69 Å². The lowest BCUT2D eigenvalue weighted by molar-refractivity contribution is 0.0691. The monoisotopic (exact) mass is 261 g/mol. The summed E-state index contributed by atoms with van der Waals surface area (Å²) >= 11 is 0. The van der Waals surface area contributed by atoms with Gasteiger partial charge < -0.3 is 10.2 Å². The smallest absolute Gasteiger partial charge is 0.358 e. The van der Waals surface area contributed by atoms with Crippen LogP contribution in [0, 0.1) is 6.92 Å². The van der Waals surface area contributed by atoms with E-state index in [0.717, 1.165) is 11.1 Å². The predicted octanol–water partition coefficient (Wildman–Crippen LogP) is 1.33. The van der Waals surface area contributed by atoms with Crippen LogP contribution in [0.3, 0.4) is 0 Å². The van der Waals surface area contributed by atoms with Gasteiger partial charge in [0.2, 0.25) is 0 Å². The number of aryl methyl sites for hydroxylation is 2. The van der Waals surface area contributed by atoms with E-state index in [-0.39, 0.29) is 12.3 Å². The summed E-state index contributed by atoms with van der Waals surface area (Å²) in [5.41, 5.74) is 2.25. The number of hydrogen-bond acceptors (Lipinski definition) is 4. The van der Waals surface area contributed by atoms with Crippen molar-refractivity contribution in [3.05, 3.63) is 35.5 Å². The number of aliphatic hydroxyl groups is 1. The minimum atomic E-state index is -1.11. The molecule has 2 aromatic rings. The van der Waals surface area contributed by atoms with Crippen LogP contribution in [0.5, 0.6) is 0 Å². The van der Waals surface area contributed by atoms with Crippen molar-refractivity contribution in [2.24, 2.45) is 0 Å². The van der Waals surface area contributed by atoms with E-state index in [0.29, 0.717) is 18.7 Å². The summed E-state index contributed by atoms with van der Waals surface area (Å²) in [4.78, 5) is 11.2. The quantitative estimate of drug-likeness (QED) is 0.847. The van der Waals surface area contributed by atoms with Crippen LogP contribution in [0.25, 0.3) is 11.3 Å². The second-order valence-corrected chi connectivity index (χ2v) is 4.26. The summed E-state index contributed by atoms with van der Waals surface area (Å²) in [6.45, 7) is 2.42. The summed E-state index contributed by atoms with van der Waals surface area (Å²) in [6.07, 6.45) is 0.501. The van der Waals surface area contributed by atoms with Gasteiger partial charge in [0.25, 0.3) is 0 Å². The van der Waals surface area contributed by atoms with E-state index in [2.05, 4.69) is 10.3 Å². The van der Waals surface area contributed by atoms with E-state index in [9.17, 15) is 4.79 Å². The number of carboxylic acid groups (broad SMARTS) is 1. The number of aromatic nitrogens is 3. The normalized spacial score (nSPS) is 10.6. The Morgan fingerprint density at radius 1 is 1.32 bits per heavy atom. The SMILES string of the molecule is Cc1ccc(-c2c(C(=O)O)nnn2CCCO)cc1. The molecule has 0 atom stereocenters. The lowest BCUT2D eigenvalue weighted by atomic mass is 10.1. The third-order valence-corrected chi connectivity index (χ3v) is 2.79. The van der Waals surface area contributed by atoms with Crippen molar-refractivity contribution in [3.8, 4) is 11.3 Å². The first-order valence-corrected chi connectivity index (χ1v) is 5.98. The van der Waals surface area contributed by atoms with E-state index >= 15 is 0 Å². The Balaban J connectivity index is 2.47. The standard InChI is InChI=1S/C13H15N3O3/c1-9-3-5-10(6-4-9)12-11(13(18)19)14-15-16(12)7-2-8-17/h3-6,17H,2,7-8H2,1H3,(H,18,19). The van der Waals surface area contributed by atoms with Crippen LogP contribution in [0.4, 0.5) is 0 Å². The number of aliphatic hydroxyl groups excluding tert-OH is 1. The highest BCUT2D eigenvalue weighted by atomic mass is 16.4. The van der Waals surface area contributed by atoms with Gasteiger partial charge in [-0.15, -0.1) is 5.10 Å². The first-order valence-electron chi connectivity index (χ1n) is 5.98. The van der Waals surface area contributed by atoms with Crippen LogP contribution >= 0.6 is 0 Å². The van der Waals surface area contributed by atoms with Crippen LogP contribution in [-0.2, 0) is 6.54 Å². The molecular formula is C13H15N3O3. The molecule has 6 heteroatoms. The van der Waals surface area contributed by atoms with Crippen molar-refractivity contribution in [3.63, 3.8) is 0 Å². The molecule has 0 bridgehead atoms. The number of carbonyl (C=O) groups is 1. The van der Waals surface area contributed by atoms with Gasteiger partial charge in [-0.25, -0.2) is 9.48 Å². The fraction of sp³-hybridized carbons (Fsp3) is 0.308. The van der Waals surface area contributed by atoms with E-state index in [1.54, 1.807) is 0 Å². The number of carboxylic acids is 1. The van der Waals surface area contributed by atoms with Gasteiger partial charge in [0.1, 0.15) is 5.69 Å². The van der Waals surface area contributed by atoms with E-state index in [1.807, 2.05) is 31.2 Å². The van der Waals surface area contributed by atoms with Crippen molar-refractivity contribution >= 4 is 5.97 Å². The second kappa shape index (κ2) is 5.62. The highest BCUT2D eigenvalue weighted by Crippen LogP contribution is 2.23. The predicted molar refractivity (Wildman–Crippen MR) is 68.9 cm³/mol. The van der Waals surface area contributed by atoms with Gasteiger partial charge in [0, 0.05) is 18.7 Å². The van der Waals surface area contributed by atoms with Gasteiger partial charge in [-0.3, -0.25) is 0 Å². The lowest BCUT2D eigenvalue weighted by Crippen LogP contribution is -2.06. The largest absolute Gasteiger partial charge is 0.476 e. The highest BCUT2D eigenvalue weighted by Gasteiger charge is 2.20. The molecule has 0 radical (unpaired) electrons. The molecule has 0 aliphatic carbocycles. The Bertz CT molecular complexity index is 575. The molecule has 0 saturated heterocycles. The molecule has 6 nitrogen and oxygen atoms in total. The van der Waals surface area contributed by atoms with Crippen molar-refractivity contribution in [2.75, 3.05) is 6.61 Å². The maximum Gasteiger partial charge on any atom is 0.358 e. The van der Waals surface area contributed by atoms with E-state index in [4.69, 9.17) is 10.2 Å². The summed E-state index contributed by atoms with van der Waals surface area (Å²) in [6, 6.07) is 7.50. The van der Waals surface area contributed by atoms with Crippen molar-refractivity contribution in [2.45, 2.75) is 19.9 Å². The van der Waals surface area contributed by atoms with Crippen molar-refractivity contribution < 1.29 is 15.0 Å². The molecule has 1 aromatic heterocycles. The zero-order valence-electron chi connectivity index (χ0n) is 10.6.